The zero-order valence-electron chi connectivity index (χ0n) is 37.3. The van der Waals surface area contributed by atoms with Gasteiger partial charge in [0.2, 0.25) is 0 Å². The van der Waals surface area contributed by atoms with Gasteiger partial charge in [0.25, 0.3) is 0 Å². The van der Waals surface area contributed by atoms with E-state index in [2.05, 4.69) is 25.7 Å². The number of rotatable bonds is 14. The first-order valence-corrected chi connectivity index (χ1v) is 23.6. The quantitative estimate of drug-likeness (QED) is 0.156. The molecule has 4 aliphatic rings. The molecule has 0 radical (unpaired) electrons. The average Bonchev–Trinajstić information content (AvgIpc) is 3.49. The van der Waals surface area contributed by atoms with Crippen molar-refractivity contribution in [2.75, 3.05) is 45.1 Å². The lowest BCUT2D eigenvalue weighted by Crippen LogP contribution is -2.60. The van der Waals surface area contributed by atoms with Crippen molar-refractivity contribution in [3.63, 3.8) is 0 Å². The summed E-state index contributed by atoms with van der Waals surface area (Å²) in [5.41, 5.74) is -1.99. The van der Waals surface area contributed by atoms with Crippen LogP contribution in [0.4, 0.5) is 0 Å². The summed E-state index contributed by atoms with van der Waals surface area (Å²) in [5, 5.41) is 22.9. The highest BCUT2D eigenvalue weighted by molar-refractivity contribution is 7.98. The van der Waals surface area contributed by atoms with E-state index in [-0.39, 0.29) is 24.5 Å². The number of thioether (sulfide) groups is 2. The Balaban J connectivity index is 1.90. The zero-order valence-corrected chi connectivity index (χ0v) is 38.9. The van der Waals surface area contributed by atoms with Gasteiger partial charge in [0.05, 0.1) is 41.7 Å². The Morgan fingerprint density at radius 2 is 1.61 bits per heavy atom. The second kappa shape index (κ2) is 20.5. The molecule has 0 aromatic rings. The van der Waals surface area contributed by atoms with Crippen molar-refractivity contribution in [3.05, 3.63) is 11.3 Å². The molecule has 0 spiro atoms. The fraction of sp³-hybridized carbons (Fsp3) is 0.929. The third-order valence-corrected chi connectivity index (χ3v) is 13.9. The molecule has 0 aromatic heterocycles. The third-order valence-electron chi connectivity index (χ3n) is 13.1. The summed E-state index contributed by atoms with van der Waals surface area (Å²) in [6, 6.07) is -0.197. The molecule has 0 saturated carbocycles. The van der Waals surface area contributed by atoms with Gasteiger partial charge in [0.1, 0.15) is 47.5 Å². The molecule has 0 aromatic carbocycles. The first kappa shape index (κ1) is 49.0. The monoisotopic (exact) mass is 849 g/mol. The number of aliphatic hydroxyl groups excluding tert-OH is 2. The lowest BCUT2D eigenvalue weighted by molar-refractivity contribution is -0.317. The number of nitrogens with zero attached hydrogens (tertiary/aromatic N) is 1. The summed E-state index contributed by atoms with van der Waals surface area (Å²) in [5.74, 6) is -0.656. The molecule has 17 atom stereocenters. The third kappa shape index (κ3) is 10.5. The Morgan fingerprint density at radius 3 is 2.21 bits per heavy atom. The largest absolute Gasteiger partial charge is 0.489 e. The summed E-state index contributed by atoms with van der Waals surface area (Å²) in [7, 11) is 3.56. The number of carbonyl (C=O) groups is 1. The number of esters is 1. The molecule has 15 heteroatoms. The number of cyclic esters (lactones) is 1. The number of fused-ring (bicyclic) bond motifs is 2. The van der Waals surface area contributed by atoms with E-state index in [1.165, 1.54) is 0 Å². The second-order valence-electron chi connectivity index (χ2n) is 17.5. The van der Waals surface area contributed by atoms with Crippen molar-refractivity contribution in [1.82, 2.24) is 4.90 Å². The van der Waals surface area contributed by atoms with Crippen LogP contribution >= 0.6 is 23.5 Å². The summed E-state index contributed by atoms with van der Waals surface area (Å²) < 4.78 is 59.7. The van der Waals surface area contributed by atoms with E-state index in [0.29, 0.717) is 31.1 Å². The standard InChI is InChI=1S/C42H75NO12S2/c1-16-30-42(11,49-22-57-15)37(48-21-56-14)25(5)33-23(3)19-41(10,55-33)36(54-39-32(44)29(43(12)17-2)18-24(4)50-39)26(6)34(27(7)38(46)52-30)53-31-20-40(9,47-13)35(45)28(8)51-31/h24-32,34-37,39,44-45H,16-22H2,1-15H3/t24-,25+,26+,27-,28+,29+,30-,31+,32-,34+,35+,36-,37-,39+,40-,41-,42-/m1/s1. The average molecular weight is 850 g/mol. The minimum absolute atomic E-state index is 0.189. The lowest BCUT2D eigenvalue weighted by atomic mass is 9.78. The number of ether oxygens (including phenoxy) is 9. The summed E-state index contributed by atoms with van der Waals surface area (Å²) >= 11 is 3.11. The summed E-state index contributed by atoms with van der Waals surface area (Å²) in [6.07, 6.45) is -1.61. The zero-order chi connectivity index (χ0) is 42.6. The van der Waals surface area contributed by atoms with E-state index < -0.39 is 89.9 Å². The predicted molar refractivity (Wildman–Crippen MR) is 223 cm³/mol. The van der Waals surface area contributed by atoms with Gasteiger partial charge >= 0.3 is 5.97 Å². The van der Waals surface area contributed by atoms with Crippen LogP contribution in [0.1, 0.15) is 102 Å². The van der Waals surface area contributed by atoms with Crippen LogP contribution in [0.5, 0.6) is 0 Å². The van der Waals surface area contributed by atoms with Gasteiger partial charge in [-0.25, -0.2) is 0 Å². The highest BCUT2D eigenvalue weighted by Gasteiger charge is 2.57. The fourth-order valence-corrected chi connectivity index (χ4v) is 10.3. The molecule has 0 aliphatic carbocycles. The first-order chi connectivity index (χ1) is 26.7. The summed E-state index contributed by atoms with van der Waals surface area (Å²) in [6.45, 7) is 22.4. The van der Waals surface area contributed by atoms with Gasteiger partial charge in [-0.2, -0.15) is 0 Å². The van der Waals surface area contributed by atoms with E-state index in [0.717, 1.165) is 17.9 Å². The van der Waals surface area contributed by atoms with Crippen LogP contribution in [-0.2, 0) is 47.4 Å². The molecular weight excluding hydrogens is 775 g/mol. The van der Waals surface area contributed by atoms with Crippen molar-refractivity contribution in [1.29, 1.82) is 0 Å². The Kier molecular flexibility index (Phi) is 17.6. The maximum atomic E-state index is 14.7. The van der Waals surface area contributed by atoms with Crippen LogP contribution in [-0.4, -0.2) is 150 Å². The number of carbonyl (C=O) groups excluding carboxylic acids is 1. The van der Waals surface area contributed by atoms with Gasteiger partial charge in [-0.1, -0.05) is 27.7 Å². The first-order valence-electron chi connectivity index (χ1n) is 20.8. The number of hydrogen-bond acceptors (Lipinski definition) is 15. The molecule has 0 amide bonds. The van der Waals surface area contributed by atoms with Gasteiger partial charge in [-0.05, 0) is 93.0 Å². The number of likely N-dealkylation sites (N-methyl/N-ethyl adjacent to an activating group) is 1. The SMILES string of the molecule is CC[C@H]1OC(=O)[C@H](C)[C@@H](O[C@H]2C[C@@](C)(OC)[C@@H](O)[C@H](C)O2)[C@H](C)[C@@H](O[C@@H]2O[C@H](C)C[C@H](N(C)CC)[C@H]2O)[C@@]2(C)CC(C)=C(O2)[C@H](C)[C@@H](OCSC)[C@]1(C)OCSC. The van der Waals surface area contributed by atoms with E-state index in [9.17, 15) is 15.0 Å². The maximum absolute atomic E-state index is 14.7. The van der Waals surface area contributed by atoms with Gasteiger partial charge in [-0.15, -0.1) is 23.5 Å². The molecule has 4 aliphatic heterocycles. The molecule has 0 unspecified atom stereocenters. The second-order valence-corrected chi connectivity index (χ2v) is 19.1. The summed E-state index contributed by atoms with van der Waals surface area (Å²) in [4.78, 5) is 16.8. The van der Waals surface area contributed by atoms with Crippen LogP contribution in [0.3, 0.4) is 0 Å². The molecule has 3 fully saturated rings. The minimum Gasteiger partial charge on any atom is -0.489 e. The highest BCUT2D eigenvalue weighted by Crippen LogP contribution is 2.48. The van der Waals surface area contributed by atoms with Crippen LogP contribution in [0.15, 0.2) is 11.3 Å². The van der Waals surface area contributed by atoms with Crippen molar-refractivity contribution < 1.29 is 57.6 Å². The number of hydrogen-bond donors (Lipinski definition) is 2. The van der Waals surface area contributed by atoms with Crippen molar-refractivity contribution in [2.45, 2.75) is 186 Å². The molecule has 4 rings (SSSR count). The predicted octanol–water partition coefficient (Wildman–Crippen LogP) is 5.97. The Hall–Kier alpha value is -0.690. The lowest BCUT2D eigenvalue weighted by Gasteiger charge is -2.48. The Labute approximate surface area is 351 Å². The van der Waals surface area contributed by atoms with Crippen LogP contribution in [0, 0.1) is 17.8 Å². The minimum atomic E-state index is -1.07. The van der Waals surface area contributed by atoms with Crippen LogP contribution < -0.4 is 0 Å². The number of methoxy groups -OCH3 is 1. The van der Waals surface area contributed by atoms with Crippen molar-refractivity contribution in [3.8, 4) is 0 Å². The van der Waals surface area contributed by atoms with Gasteiger partial charge in [0.15, 0.2) is 12.6 Å². The van der Waals surface area contributed by atoms with Gasteiger partial charge < -0.3 is 57.7 Å². The van der Waals surface area contributed by atoms with Gasteiger partial charge in [-0.3, -0.25) is 4.79 Å². The molecular formula is C42H75NO12S2. The normalized spacial score (nSPS) is 44.9. The van der Waals surface area contributed by atoms with E-state index in [1.54, 1.807) is 44.5 Å². The highest BCUT2D eigenvalue weighted by atomic mass is 32.2. The molecule has 3 saturated heterocycles. The molecule has 2 bridgehead atoms. The smallest absolute Gasteiger partial charge is 0.311 e. The fourth-order valence-electron chi connectivity index (χ4n) is 9.67. The maximum Gasteiger partial charge on any atom is 0.311 e. The van der Waals surface area contributed by atoms with E-state index in [1.807, 2.05) is 61.1 Å². The topological polar surface area (TPSA) is 144 Å². The molecule has 57 heavy (non-hydrogen) atoms. The van der Waals surface area contributed by atoms with Crippen molar-refractivity contribution >= 4 is 29.5 Å². The molecule has 332 valence electrons. The number of aliphatic hydroxyl groups is 2. The van der Waals surface area contributed by atoms with Crippen LogP contribution in [0.25, 0.3) is 0 Å². The Bertz CT molecular complexity index is 1350. The molecule has 2 N–H and O–H groups in total. The van der Waals surface area contributed by atoms with Crippen molar-refractivity contribution in [2.24, 2.45) is 17.8 Å². The Morgan fingerprint density at radius 1 is 0.947 bits per heavy atom. The van der Waals surface area contributed by atoms with E-state index >= 15 is 0 Å². The molecule has 4 heterocycles. The van der Waals surface area contributed by atoms with Crippen LogP contribution in [0.2, 0.25) is 0 Å². The van der Waals surface area contributed by atoms with Gasteiger partial charge in [0, 0.05) is 37.8 Å². The molecule has 13 nitrogen and oxygen atoms in total. The van der Waals surface area contributed by atoms with E-state index in [4.69, 9.17) is 42.6 Å².